The average molecular weight is 561 g/mol. The lowest BCUT2D eigenvalue weighted by atomic mass is 10.1. The number of benzene rings is 2. The molecule has 204 valence electrons. The van der Waals surface area contributed by atoms with E-state index in [1.165, 1.54) is 35.3 Å². The minimum atomic E-state index is -3.53. The lowest BCUT2D eigenvalue weighted by Gasteiger charge is -2.23. The van der Waals surface area contributed by atoms with Gasteiger partial charge < -0.3 is 11.1 Å². The summed E-state index contributed by atoms with van der Waals surface area (Å²) in [7, 11) is -3.53. The molecule has 0 aliphatic rings. The lowest BCUT2D eigenvalue weighted by Crippen LogP contribution is -2.29. The van der Waals surface area contributed by atoms with Crippen molar-refractivity contribution in [2.75, 3.05) is 22.0 Å². The highest BCUT2D eigenvalue weighted by atomic mass is 32.2. The van der Waals surface area contributed by atoms with Gasteiger partial charge in [0.15, 0.2) is 0 Å². The van der Waals surface area contributed by atoms with E-state index < -0.39 is 27.4 Å². The van der Waals surface area contributed by atoms with Gasteiger partial charge in [-0.15, -0.1) is 0 Å². The Kier molecular flexibility index (Phi) is 7.13. The highest BCUT2D eigenvalue weighted by molar-refractivity contribution is 7.92. The van der Waals surface area contributed by atoms with Crippen molar-refractivity contribution in [3.8, 4) is 16.8 Å². The number of sulfonamides is 1. The van der Waals surface area contributed by atoms with Crippen molar-refractivity contribution in [2.24, 2.45) is 0 Å². The quantitative estimate of drug-likeness (QED) is 0.256. The number of hydrogen-bond donors (Lipinski definition) is 3. The number of para-hydroxylation sites is 1. The summed E-state index contributed by atoms with van der Waals surface area (Å²) in [5, 5.41) is 3.21. The first-order chi connectivity index (χ1) is 19.1. The first-order valence-electron chi connectivity index (χ1n) is 12.2. The number of fused-ring (bicyclic) bond motifs is 1. The van der Waals surface area contributed by atoms with Gasteiger partial charge in [-0.1, -0.05) is 31.2 Å². The second-order valence-electron chi connectivity index (χ2n) is 9.01. The van der Waals surface area contributed by atoms with E-state index >= 15 is 0 Å². The number of nitrogen functional groups attached to an aromatic ring is 1. The molecule has 0 amide bonds. The van der Waals surface area contributed by atoms with E-state index in [0.717, 1.165) is 6.26 Å². The number of pyridine rings is 1. The summed E-state index contributed by atoms with van der Waals surface area (Å²) in [4.78, 5) is 31.0. The Bertz CT molecular complexity index is 1880. The van der Waals surface area contributed by atoms with Crippen molar-refractivity contribution in [1.29, 1.82) is 0 Å². The summed E-state index contributed by atoms with van der Waals surface area (Å²) >= 11 is 0. The maximum Gasteiger partial charge on any atom is 0.269 e. The molecule has 1 unspecified atom stereocenters. The Morgan fingerprint density at radius 3 is 2.55 bits per heavy atom. The SMILES string of the molecule is CCC(Nc1nc(N)ncc1-c1cncc(NS(C)(=O)=O)c1)c1nc2cccc(F)c2c(=O)n1-c1ccccc1. The van der Waals surface area contributed by atoms with E-state index in [-0.39, 0.29) is 22.5 Å². The Morgan fingerprint density at radius 2 is 1.82 bits per heavy atom. The van der Waals surface area contributed by atoms with Crippen LogP contribution in [0.1, 0.15) is 25.2 Å². The Hall–Kier alpha value is -4.91. The van der Waals surface area contributed by atoms with Crippen LogP contribution in [0.2, 0.25) is 0 Å². The van der Waals surface area contributed by atoms with Gasteiger partial charge in [0, 0.05) is 23.5 Å². The molecule has 13 heteroatoms. The standard InChI is InChI=1S/C27H25FN8O3S/c1-3-21(25-33-22-11-7-10-20(28)23(22)26(37)36(25)18-8-5-4-6-9-18)32-24-19(15-31-27(29)34-24)16-12-17(14-30-13-16)35-40(2,38)39/h4-15,21,35H,3H2,1-2H3,(H3,29,31,32,34). The molecule has 0 saturated heterocycles. The van der Waals surface area contributed by atoms with E-state index in [2.05, 4.69) is 25.0 Å². The van der Waals surface area contributed by atoms with Gasteiger partial charge in [-0.05, 0) is 36.8 Å². The monoisotopic (exact) mass is 560 g/mol. The van der Waals surface area contributed by atoms with E-state index in [4.69, 9.17) is 10.7 Å². The summed E-state index contributed by atoms with van der Waals surface area (Å²) in [6, 6.07) is 14.2. The maximum absolute atomic E-state index is 14.8. The molecule has 5 rings (SSSR count). The third kappa shape index (κ3) is 5.45. The van der Waals surface area contributed by atoms with Crippen molar-refractivity contribution >= 4 is 38.4 Å². The summed E-state index contributed by atoms with van der Waals surface area (Å²) in [5.41, 5.74) is 7.38. The first-order valence-corrected chi connectivity index (χ1v) is 14.1. The average Bonchev–Trinajstić information content (AvgIpc) is 2.91. The molecule has 2 aromatic carbocycles. The number of nitrogens with two attached hydrogens (primary N) is 1. The number of aromatic nitrogens is 5. The zero-order valence-corrected chi connectivity index (χ0v) is 22.4. The molecule has 0 bridgehead atoms. The van der Waals surface area contributed by atoms with Crippen molar-refractivity contribution in [1.82, 2.24) is 24.5 Å². The Labute approximate surface area is 229 Å². The van der Waals surface area contributed by atoms with Crippen LogP contribution in [-0.4, -0.2) is 39.2 Å². The second kappa shape index (κ2) is 10.7. The smallest absolute Gasteiger partial charge is 0.269 e. The number of nitrogens with one attached hydrogen (secondary N) is 2. The van der Waals surface area contributed by atoms with Gasteiger partial charge in [0.05, 0.1) is 35.4 Å². The van der Waals surface area contributed by atoms with Gasteiger partial charge in [0.25, 0.3) is 5.56 Å². The van der Waals surface area contributed by atoms with E-state index in [1.54, 1.807) is 36.4 Å². The number of nitrogens with zero attached hydrogens (tertiary/aromatic N) is 5. The summed E-state index contributed by atoms with van der Waals surface area (Å²) in [6.45, 7) is 1.90. The van der Waals surface area contributed by atoms with Gasteiger partial charge in [-0.2, -0.15) is 4.98 Å². The molecule has 40 heavy (non-hydrogen) atoms. The van der Waals surface area contributed by atoms with E-state index in [1.807, 2.05) is 13.0 Å². The van der Waals surface area contributed by atoms with Gasteiger partial charge in [0.1, 0.15) is 22.8 Å². The fourth-order valence-corrected chi connectivity index (χ4v) is 4.90. The third-order valence-electron chi connectivity index (χ3n) is 6.08. The zero-order chi connectivity index (χ0) is 28.4. The number of halogens is 1. The fourth-order valence-electron chi connectivity index (χ4n) is 4.36. The van der Waals surface area contributed by atoms with Crippen LogP contribution in [0.4, 0.5) is 21.8 Å². The number of anilines is 3. The van der Waals surface area contributed by atoms with Gasteiger partial charge in [-0.25, -0.2) is 22.8 Å². The molecule has 4 N–H and O–H groups in total. The van der Waals surface area contributed by atoms with Crippen LogP contribution in [0.15, 0.2) is 78.0 Å². The Balaban J connectivity index is 1.66. The van der Waals surface area contributed by atoms with E-state index in [9.17, 15) is 17.6 Å². The van der Waals surface area contributed by atoms with Crippen LogP contribution in [0.5, 0.6) is 0 Å². The molecule has 0 radical (unpaired) electrons. The van der Waals surface area contributed by atoms with Gasteiger partial charge >= 0.3 is 0 Å². The van der Waals surface area contributed by atoms with Crippen LogP contribution in [0, 0.1) is 5.82 Å². The molecule has 0 aliphatic heterocycles. The highest BCUT2D eigenvalue weighted by Crippen LogP contribution is 2.32. The predicted molar refractivity (Wildman–Crippen MR) is 152 cm³/mol. The molecule has 1 atom stereocenters. The fraction of sp³-hybridized carbons (Fsp3) is 0.148. The molecule has 0 spiro atoms. The minimum absolute atomic E-state index is 0.00605. The minimum Gasteiger partial charge on any atom is -0.368 e. The topological polar surface area (TPSA) is 158 Å². The molecular formula is C27H25FN8O3S. The van der Waals surface area contributed by atoms with Crippen LogP contribution >= 0.6 is 0 Å². The number of rotatable bonds is 8. The van der Waals surface area contributed by atoms with Gasteiger partial charge in [0.2, 0.25) is 16.0 Å². The number of hydrogen-bond acceptors (Lipinski definition) is 9. The lowest BCUT2D eigenvalue weighted by molar-refractivity contribution is 0.606. The Morgan fingerprint density at radius 1 is 1.05 bits per heavy atom. The normalized spacial score (nSPS) is 12.3. The molecule has 3 heterocycles. The van der Waals surface area contributed by atoms with Gasteiger partial charge in [-0.3, -0.25) is 19.1 Å². The van der Waals surface area contributed by atoms with E-state index in [0.29, 0.717) is 34.9 Å². The summed E-state index contributed by atoms with van der Waals surface area (Å²) in [6.07, 6.45) is 5.90. The largest absolute Gasteiger partial charge is 0.368 e. The third-order valence-corrected chi connectivity index (χ3v) is 6.68. The predicted octanol–water partition coefficient (Wildman–Crippen LogP) is 3.89. The molecule has 5 aromatic rings. The molecule has 0 fully saturated rings. The van der Waals surface area contributed by atoms with Crippen LogP contribution < -0.4 is 21.3 Å². The first kappa shape index (κ1) is 26.7. The second-order valence-corrected chi connectivity index (χ2v) is 10.8. The van der Waals surface area contributed by atoms with Crippen LogP contribution in [0.25, 0.3) is 27.7 Å². The molecule has 11 nitrogen and oxygen atoms in total. The van der Waals surface area contributed by atoms with Crippen LogP contribution in [-0.2, 0) is 10.0 Å². The highest BCUT2D eigenvalue weighted by Gasteiger charge is 2.23. The van der Waals surface area contributed by atoms with Crippen molar-refractivity contribution in [3.05, 3.63) is 95.2 Å². The van der Waals surface area contributed by atoms with Crippen LogP contribution in [0.3, 0.4) is 0 Å². The molecule has 3 aromatic heterocycles. The maximum atomic E-state index is 14.8. The molecule has 0 aliphatic carbocycles. The van der Waals surface area contributed by atoms with Crippen molar-refractivity contribution in [3.63, 3.8) is 0 Å². The summed E-state index contributed by atoms with van der Waals surface area (Å²) < 4.78 is 42.0. The van der Waals surface area contributed by atoms with Crippen molar-refractivity contribution < 1.29 is 12.8 Å². The van der Waals surface area contributed by atoms with Crippen molar-refractivity contribution in [2.45, 2.75) is 19.4 Å². The molecular weight excluding hydrogens is 535 g/mol. The summed E-state index contributed by atoms with van der Waals surface area (Å²) in [5.74, 6) is -0.0157. The zero-order valence-electron chi connectivity index (χ0n) is 21.5. The molecule has 0 saturated carbocycles.